The molecule has 0 unspecified atom stereocenters. The van der Waals surface area contributed by atoms with Crippen molar-refractivity contribution in [2.45, 2.75) is 11.5 Å². The van der Waals surface area contributed by atoms with E-state index in [1.807, 2.05) is 0 Å². The van der Waals surface area contributed by atoms with E-state index in [1.54, 1.807) is 6.07 Å². The summed E-state index contributed by atoms with van der Waals surface area (Å²) in [7, 11) is -4.12. The minimum Gasteiger partial charge on any atom is -0.460 e. The van der Waals surface area contributed by atoms with Crippen LogP contribution in [0.1, 0.15) is 5.56 Å². The zero-order valence-electron chi connectivity index (χ0n) is 12.4. The first-order chi connectivity index (χ1) is 11.7. The van der Waals surface area contributed by atoms with Crippen molar-refractivity contribution in [3.05, 3.63) is 62.3 Å². The van der Waals surface area contributed by atoms with Crippen molar-refractivity contribution in [2.75, 3.05) is 6.54 Å². The first-order valence-corrected chi connectivity index (χ1v) is 9.76. The highest BCUT2D eigenvalue weighted by Gasteiger charge is 2.23. The molecular weight excluding hydrogens is 460 g/mol. The summed E-state index contributed by atoms with van der Waals surface area (Å²) in [5, 5.41) is -0.194. The number of halogens is 4. The highest BCUT2D eigenvalue weighted by Crippen LogP contribution is 2.32. The molecule has 10 heteroatoms. The van der Waals surface area contributed by atoms with E-state index in [-0.39, 0.29) is 21.5 Å². The molecule has 0 fully saturated rings. The summed E-state index contributed by atoms with van der Waals surface area (Å²) in [6.45, 7) is -0.807. The lowest BCUT2D eigenvalue weighted by atomic mass is 10.2. The van der Waals surface area contributed by atoms with Gasteiger partial charge in [0.05, 0.1) is 10.0 Å². The molecule has 2 rings (SSSR count). The van der Waals surface area contributed by atoms with Crippen LogP contribution in [-0.2, 0) is 26.2 Å². The molecule has 0 aliphatic heterocycles. The Morgan fingerprint density at radius 1 is 1.20 bits per heavy atom. The number of benzene rings is 2. The van der Waals surface area contributed by atoms with Gasteiger partial charge in [0.15, 0.2) is 0 Å². The number of hydrogen-bond donors (Lipinski definition) is 1. The van der Waals surface area contributed by atoms with Gasteiger partial charge in [-0.2, -0.15) is 4.72 Å². The van der Waals surface area contributed by atoms with Crippen molar-refractivity contribution >= 4 is 55.1 Å². The summed E-state index contributed by atoms with van der Waals surface area (Å²) in [6.07, 6.45) is 0. The Hall–Kier alpha value is -1.19. The van der Waals surface area contributed by atoms with Gasteiger partial charge in [-0.3, -0.25) is 4.79 Å². The van der Waals surface area contributed by atoms with E-state index in [1.165, 1.54) is 30.3 Å². The summed E-state index contributed by atoms with van der Waals surface area (Å²) in [6, 6.07) is 8.24. The molecule has 0 aliphatic rings. The zero-order chi connectivity index (χ0) is 18.6. The van der Waals surface area contributed by atoms with Crippen molar-refractivity contribution in [3.63, 3.8) is 0 Å². The second-order valence-electron chi connectivity index (χ2n) is 4.81. The first-order valence-electron chi connectivity index (χ1n) is 6.73. The topological polar surface area (TPSA) is 72.5 Å². The first kappa shape index (κ1) is 20.1. The van der Waals surface area contributed by atoms with Crippen LogP contribution in [-0.4, -0.2) is 20.9 Å². The van der Waals surface area contributed by atoms with E-state index < -0.39 is 28.4 Å². The highest BCUT2D eigenvalue weighted by atomic mass is 79.9. The van der Waals surface area contributed by atoms with Crippen molar-refractivity contribution in [3.8, 4) is 0 Å². The Kier molecular flexibility index (Phi) is 6.81. The Morgan fingerprint density at radius 2 is 1.84 bits per heavy atom. The van der Waals surface area contributed by atoms with Gasteiger partial charge in [-0.25, -0.2) is 12.8 Å². The van der Waals surface area contributed by atoms with Gasteiger partial charge < -0.3 is 4.74 Å². The molecule has 134 valence electrons. The largest absolute Gasteiger partial charge is 0.460 e. The van der Waals surface area contributed by atoms with Crippen LogP contribution in [0, 0.1) is 5.82 Å². The molecule has 0 saturated heterocycles. The van der Waals surface area contributed by atoms with Crippen LogP contribution >= 0.6 is 39.1 Å². The Labute approximate surface area is 162 Å². The number of sulfonamides is 1. The molecule has 0 saturated carbocycles. The third-order valence-corrected chi connectivity index (χ3v) is 5.71. The van der Waals surface area contributed by atoms with E-state index in [9.17, 15) is 17.6 Å². The number of nitrogens with one attached hydrogen (secondary N) is 1. The lowest BCUT2D eigenvalue weighted by Gasteiger charge is -2.10. The Balaban J connectivity index is 1.99. The SMILES string of the molecule is O=C(CNS(=O)(=O)c1c(Cl)cc(Br)cc1Cl)OCc1cccc(F)c1. The molecule has 2 aromatic rings. The molecule has 2 aromatic carbocycles. The molecule has 0 bridgehead atoms. The predicted octanol–water partition coefficient (Wildman–Crippen LogP) is 3.92. The van der Waals surface area contributed by atoms with Crippen molar-refractivity contribution in [1.29, 1.82) is 0 Å². The average Bonchev–Trinajstić information content (AvgIpc) is 2.50. The van der Waals surface area contributed by atoms with Crippen molar-refractivity contribution < 1.29 is 22.3 Å². The van der Waals surface area contributed by atoms with E-state index in [0.29, 0.717) is 10.0 Å². The molecule has 0 amide bonds. The molecule has 0 radical (unpaired) electrons. The second kappa shape index (κ2) is 8.46. The van der Waals surface area contributed by atoms with Crippen LogP contribution in [0.5, 0.6) is 0 Å². The highest BCUT2D eigenvalue weighted by molar-refractivity contribution is 9.10. The third-order valence-electron chi connectivity index (χ3n) is 2.93. The zero-order valence-corrected chi connectivity index (χ0v) is 16.3. The van der Waals surface area contributed by atoms with Gasteiger partial charge in [-0.1, -0.05) is 51.3 Å². The third kappa shape index (κ3) is 5.65. The van der Waals surface area contributed by atoms with Crippen LogP contribution in [0.25, 0.3) is 0 Å². The number of carbonyl (C=O) groups excluding carboxylic acids is 1. The van der Waals surface area contributed by atoms with E-state index in [0.717, 1.165) is 0 Å². The van der Waals surface area contributed by atoms with E-state index in [2.05, 4.69) is 20.7 Å². The fourth-order valence-corrected chi connectivity index (χ4v) is 4.75. The molecule has 5 nitrogen and oxygen atoms in total. The molecule has 0 aliphatic carbocycles. The Morgan fingerprint density at radius 3 is 2.44 bits per heavy atom. The number of hydrogen-bond acceptors (Lipinski definition) is 4. The minimum atomic E-state index is -4.12. The Bertz CT molecular complexity index is 885. The van der Waals surface area contributed by atoms with Gasteiger partial charge in [0.1, 0.15) is 23.9 Å². The van der Waals surface area contributed by atoms with E-state index in [4.69, 9.17) is 27.9 Å². The molecule has 0 aromatic heterocycles. The van der Waals surface area contributed by atoms with Gasteiger partial charge >= 0.3 is 5.97 Å². The number of esters is 1. The maximum atomic E-state index is 13.0. The van der Waals surface area contributed by atoms with Gasteiger partial charge in [-0.05, 0) is 29.8 Å². The quantitative estimate of drug-likeness (QED) is 0.649. The predicted molar refractivity (Wildman–Crippen MR) is 95.5 cm³/mol. The summed E-state index contributed by atoms with van der Waals surface area (Å²) < 4.78 is 45.0. The van der Waals surface area contributed by atoms with Crippen molar-refractivity contribution in [2.24, 2.45) is 0 Å². The van der Waals surface area contributed by atoms with Gasteiger partial charge in [0, 0.05) is 4.47 Å². The fourth-order valence-electron chi connectivity index (χ4n) is 1.85. The fraction of sp³-hybridized carbons (Fsp3) is 0.133. The summed E-state index contributed by atoms with van der Waals surface area (Å²) in [5.74, 6) is -1.30. The van der Waals surface area contributed by atoms with Crippen LogP contribution in [0.2, 0.25) is 10.0 Å². The van der Waals surface area contributed by atoms with Gasteiger partial charge in [0.2, 0.25) is 10.0 Å². The van der Waals surface area contributed by atoms with Crippen molar-refractivity contribution in [1.82, 2.24) is 4.72 Å². The minimum absolute atomic E-state index is 0.0972. The summed E-state index contributed by atoms with van der Waals surface area (Å²) in [5.41, 5.74) is 0.440. The normalized spacial score (nSPS) is 11.4. The summed E-state index contributed by atoms with van der Waals surface area (Å²) in [4.78, 5) is 11.4. The van der Waals surface area contributed by atoms with E-state index >= 15 is 0 Å². The summed E-state index contributed by atoms with van der Waals surface area (Å²) >= 11 is 14.9. The lowest BCUT2D eigenvalue weighted by Crippen LogP contribution is -2.31. The maximum absolute atomic E-state index is 13.0. The average molecular weight is 471 g/mol. The monoisotopic (exact) mass is 469 g/mol. The standard InChI is InChI=1S/C15H11BrCl2FNO4S/c16-10-5-12(17)15(13(18)6-10)25(22,23)20-7-14(21)24-8-9-2-1-3-11(19)4-9/h1-6,20H,7-8H2. The lowest BCUT2D eigenvalue weighted by molar-refractivity contribution is -0.143. The van der Waals surface area contributed by atoms with Crippen LogP contribution in [0.3, 0.4) is 0 Å². The number of carbonyl (C=O) groups is 1. The number of rotatable bonds is 6. The van der Waals surface area contributed by atoms with Crippen LogP contribution in [0.15, 0.2) is 45.8 Å². The number of ether oxygens (including phenoxy) is 1. The van der Waals surface area contributed by atoms with Gasteiger partial charge in [-0.15, -0.1) is 0 Å². The molecule has 25 heavy (non-hydrogen) atoms. The molecule has 0 spiro atoms. The maximum Gasteiger partial charge on any atom is 0.321 e. The molecule has 1 N–H and O–H groups in total. The van der Waals surface area contributed by atoms with Crippen LogP contribution in [0.4, 0.5) is 4.39 Å². The van der Waals surface area contributed by atoms with Crippen LogP contribution < -0.4 is 4.72 Å². The molecule has 0 heterocycles. The molecular formula is C15H11BrCl2FNO4S. The second-order valence-corrected chi connectivity index (χ2v) is 8.25. The molecule has 0 atom stereocenters. The smallest absolute Gasteiger partial charge is 0.321 e. The van der Waals surface area contributed by atoms with Gasteiger partial charge in [0.25, 0.3) is 0 Å².